The number of halogens is 2. The molecule has 2 rings (SSSR count). The Bertz CT molecular complexity index is 406. The Morgan fingerprint density at radius 1 is 1.42 bits per heavy atom. The zero-order chi connectivity index (χ0) is 13.8. The second kappa shape index (κ2) is 6.41. The number of rotatable bonds is 4. The van der Waals surface area contributed by atoms with E-state index < -0.39 is 23.8 Å². The number of hydrogen-bond donors (Lipinski definition) is 1. The Kier molecular flexibility index (Phi) is 4.85. The number of aliphatic hydroxyl groups is 1. The van der Waals surface area contributed by atoms with Gasteiger partial charge in [0.1, 0.15) is 23.8 Å². The molecule has 0 spiro atoms. The summed E-state index contributed by atoms with van der Waals surface area (Å²) >= 11 is 0. The SMILES string of the molecule is CCCN1CCOC(C(O)c2c(F)cccc2F)C1. The molecule has 106 valence electrons. The van der Waals surface area contributed by atoms with Crippen LogP contribution in [0.2, 0.25) is 0 Å². The van der Waals surface area contributed by atoms with E-state index in [1.807, 2.05) is 0 Å². The summed E-state index contributed by atoms with van der Waals surface area (Å²) in [6, 6.07) is 3.58. The molecule has 1 aromatic rings. The highest BCUT2D eigenvalue weighted by atomic mass is 19.1. The molecule has 19 heavy (non-hydrogen) atoms. The molecule has 1 heterocycles. The van der Waals surface area contributed by atoms with Crippen LogP contribution in [0.4, 0.5) is 8.78 Å². The van der Waals surface area contributed by atoms with Gasteiger partial charge >= 0.3 is 0 Å². The molecule has 0 radical (unpaired) electrons. The van der Waals surface area contributed by atoms with E-state index in [0.29, 0.717) is 13.2 Å². The van der Waals surface area contributed by atoms with Crippen molar-refractivity contribution in [2.24, 2.45) is 0 Å². The second-order valence-electron chi connectivity index (χ2n) is 4.79. The van der Waals surface area contributed by atoms with E-state index in [4.69, 9.17) is 4.74 Å². The van der Waals surface area contributed by atoms with Crippen molar-refractivity contribution < 1.29 is 18.6 Å². The monoisotopic (exact) mass is 271 g/mol. The number of benzene rings is 1. The Hall–Kier alpha value is -1.04. The van der Waals surface area contributed by atoms with Gasteiger partial charge in [-0.05, 0) is 25.1 Å². The van der Waals surface area contributed by atoms with E-state index in [1.54, 1.807) is 0 Å². The molecule has 2 unspecified atom stereocenters. The number of hydrogen-bond acceptors (Lipinski definition) is 3. The van der Waals surface area contributed by atoms with Crippen LogP contribution in [0.25, 0.3) is 0 Å². The first-order chi connectivity index (χ1) is 9.13. The van der Waals surface area contributed by atoms with Crippen molar-refractivity contribution in [3.05, 3.63) is 35.4 Å². The Morgan fingerprint density at radius 3 is 2.74 bits per heavy atom. The molecule has 1 aliphatic rings. The van der Waals surface area contributed by atoms with Crippen LogP contribution in [0.5, 0.6) is 0 Å². The summed E-state index contributed by atoms with van der Waals surface area (Å²) in [5, 5.41) is 10.2. The van der Waals surface area contributed by atoms with Crippen molar-refractivity contribution in [2.45, 2.75) is 25.6 Å². The Labute approximate surface area is 111 Å². The minimum Gasteiger partial charge on any atom is -0.385 e. The fourth-order valence-corrected chi connectivity index (χ4v) is 2.42. The van der Waals surface area contributed by atoms with E-state index in [2.05, 4.69) is 11.8 Å². The summed E-state index contributed by atoms with van der Waals surface area (Å²) < 4.78 is 32.7. The van der Waals surface area contributed by atoms with Gasteiger partial charge in [-0.3, -0.25) is 4.90 Å². The molecular weight excluding hydrogens is 252 g/mol. The van der Waals surface area contributed by atoms with E-state index in [0.717, 1.165) is 31.6 Å². The van der Waals surface area contributed by atoms with E-state index in [-0.39, 0.29) is 5.56 Å². The third-order valence-electron chi connectivity index (χ3n) is 3.37. The zero-order valence-electron chi connectivity index (χ0n) is 11.0. The highest BCUT2D eigenvalue weighted by Gasteiger charge is 2.31. The van der Waals surface area contributed by atoms with Gasteiger partial charge in [0, 0.05) is 13.1 Å². The Morgan fingerprint density at radius 2 is 2.11 bits per heavy atom. The first-order valence-electron chi connectivity index (χ1n) is 6.59. The summed E-state index contributed by atoms with van der Waals surface area (Å²) in [6.45, 7) is 4.71. The van der Waals surface area contributed by atoms with Crippen LogP contribution in [0, 0.1) is 11.6 Å². The van der Waals surface area contributed by atoms with E-state index >= 15 is 0 Å². The highest BCUT2D eigenvalue weighted by Crippen LogP contribution is 2.26. The predicted molar refractivity (Wildman–Crippen MR) is 67.8 cm³/mol. The van der Waals surface area contributed by atoms with Crippen LogP contribution in [0.3, 0.4) is 0 Å². The van der Waals surface area contributed by atoms with Crippen LogP contribution in [-0.4, -0.2) is 42.4 Å². The second-order valence-corrected chi connectivity index (χ2v) is 4.79. The molecule has 1 N–H and O–H groups in total. The van der Waals surface area contributed by atoms with Gasteiger partial charge in [-0.1, -0.05) is 13.0 Å². The molecule has 1 aliphatic heterocycles. The minimum atomic E-state index is -1.28. The van der Waals surface area contributed by atoms with Crippen LogP contribution < -0.4 is 0 Å². The number of nitrogens with zero attached hydrogens (tertiary/aromatic N) is 1. The van der Waals surface area contributed by atoms with Gasteiger partial charge in [0.2, 0.25) is 0 Å². The van der Waals surface area contributed by atoms with Crippen molar-refractivity contribution in [3.63, 3.8) is 0 Å². The lowest BCUT2D eigenvalue weighted by molar-refractivity contribution is -0.0916. The normalized spacial score (nSPS) is 22.4. The van der Waals surface area contributed by atoms with Crippen molar-refractivity contribution in [3.8, 4) is 0 Å². The Balaban J connectivity index is 2.12. The fourth-order valence-electron chi connectivity index (χ4n) is 2.42. The van der Waals surface area contributed by atoms with Gasteiger partial charge in [0.25, 0.3) is 0 Å². The summed E-state index contributed by atoms with van der Waals surface area (Å²) in [7, 11) is 0. The molecule has 0 aliphatic carbocycles. The van der Waals surface area contributed by atoms with E-state index in [1.165, 1.54) is 6.07 Å². The largest absolute Gasteiger partial charge is 0.385 e. The summed E-state index contributed by atoms with van der Waals surface area (Å²) in [6.07, 6.45) is -0.871. The maximum Gasteiger partial charge on any atom is 0.132 e. The topological polar surface area (TPSA) is 32.7 Å². The quantitative estimate of drug-likeness (QED) is 0.910. The van der Waals surface area contributed by atoms with Gasteiger partial charge in [-0.25, -0.2) is 8.78 Å². The predicted octanol–water partition coefficient (Wildman–Crippen LogP) is 2.11. The first kappa shape index (κ1) is 14.4. The maximum absolute atomic E-state index is 13.6. The lowest BCUT2D eigenvalue weighted by Gasteiger charge is -2.35. The maximum atomic E-state index is 13.6. The third kappa shape index (κ3) is 3.29. The smallest absolute Gasteiger partial charge is 0.132 e. The van der Waals surface area contributed by atoms with Crippen LogP contribution >= 0.6 is 0 Å². The van der Waals surface area contributed by atoms with Gasteiger partial charge < -0.3 is 9.84 Å². The number of aliphatic hydroxyl groups excluding tert-OH is 1. The molecule has 1 fully saturated rings. The molecule has 3 nitrogen and oxygen atoms in total. The molecule has 0 amide bonds. The molecular formula is C14H19F2NO2. The molecule has 0 saturated carbocycles. The molecule has 1 aromatic carbocycles. The van der Waals surface area contributed by atoms with Crippen LogP contribution in [0.1, 0.15) is 25.0 Å². The van der Waals surface area contributed by atoms with Gasteiger partial charge in [0.05, 0.1) is 12.2 Å². The summed E-state index contributed by atoms with van der Waals surface area (Å²) in [4.78, 5) is 2.14. The summed E-state index contributed by atoms with van der Waals surface area (Å²) in [5.41, 5.74) is -0.300. The molecule has 5 heteroatoms. The van der Waals surface area contributed by atoms with Crippen LogP contribution in [0.15, 0.2) is 18.2 Å². The zero-order valence-corrected chi connectivity index (χ0v) is 11.0. The summed E-state index contributed by atoms with van der Waals surface area (Å²) in [5.74, 6) is -1.47. The number of ether oxygens (including phenoxy) is 1. The van der Waals surface area contributed by atoms with E-state index in [9.17, 15) is 13.9 Å². The van der Waals surface area contributed by atoms with Crippen molar-refractivity contribution in [2.75, 3.05) is 26.2 Å². The van der Waals surface area contributed by atoms with Crippen LogP contribution in [-0.2, 0) is 4.74 Å². The van der Waals surface area contributed by atoms with Gasteiger partial charge in [-0.15, -0.1) is 0 Å². The van der Waals surface area contributed by atoms with Crippen molar-refractivity contribution in [1.29, 1.82) is 0 Å². The van der Waals surface area contributed by atoms with Crippen molar-refractivity contribution >= 4 is 0 Å². The van der Waals surface area contributed by atoms with Crippen molar-refractivity contribution in [1.82, 2.24) is 4.90 Å². The van der Waals surface area contributed by atoms with Gasteiger partial charge in [-0.2, -0.15) is 0 Å². The highest BCUT2D eigenvalue weighted by molar-refractivity contribution is 5.23. The number of morpholine rings is 1. The molecule has 2 atom stereocenters. The van der Waals surface area contributed by atoms with Gasteiger partial charge in [0.15, 0.2) is 0 Å². The molecule has 1 saturated heterocycles. The molecule has 0 bridgehead atoms. The average molecular weight is 271 g/mol. The minimum absolute atomic E-state index is 0.300. The first-order valence-corrected chi connectivity index (χ1v) is 6.59. The lowest BCUT2D eigenvalue weighted by atomic mass is 10.0. The molecule has 0 aromatic heterocycles. The third-order valence-corrected chi connectivity index (χ3v) is 3.37. The lowest BCUT2D eigenvalue weighted by Crippen LogP contribution is -2.45. The average Bonchev–Trinajstić information content (AvgIpc) is 2.39. The fraction of sp³-hybridized carbons (Fsp3) is 0.571. The standard InChI is InChI=1S/C14H19F2NO2/c1-2-6-17-7-8-19-12(9-17)14(18)13-10(15)4-3-5-11(13)16/h3-5,12,14,18H,2,6-9H2,1H3.